The van der Waals surface area contributed by atoms with Gasteiger partial charge in [-0.15, -0.1) is 0 Å². The molecule has 13 nitrogen and oxygen atoms in total. The van der Waals surface area contributed by atoms with Crippen LogP contribution in [0.15, 0.2) is 48.5 Å². The van der Waals surface area contributed by atoms with Gasteiger partial charge in [0, 0.05) is 24.2 Å². The first kappa shape index (κ1) is 39.4. The fraction of sp³-hybridized carbons (Fsp3) is 0.571. The molecule has 50 heavy (non-hydrogen) atoms. The van der Waals surface area contributed by atoms with E-state index in [2.05, 4.69) is 10.6 Å². The summed E-state index contributed by atoms with van der Waals surface area (Å²) in [6, 6.07) is 11.6. The van der Waals surface area contributed by atoms with Gasteiger partial charge in [-0.05, 0) is 49.9 Å². The maximum Gasteiger partial charge on any atom is 0.408 e. The molecule has 3 N–H and O–H groups in total. The second-order valence-corrected chi connectivity index (χ2v) is 15.1. The van der Waals surface area contributed by atoms with Gasteiger partial charge in [-0.25, -0.2) is 9.59 Å². The van der Waals surface area contributed by atoms with E-state index in [0.717, 1.165) is 37.7 Å². The molecule has 4 rings (SSSR count). The number of alkyl carbamates (subject to hydrolysis) is 1. The van der Waals surface area contributed by atoms with Gasteiger partial charge >= 0.3 is 19.7 Å². The van der Waals surface area contributed by atoms with E-state index in [1.54, 1.807) is 43.0 Å². The number of nitrogens with one attached hydrogen (secondary N) is 2. The molecular formula is C35H50ClN4O9P. The Labute approximate surface area is 299 Å². The lowest BCUT2D eigenvalue weighted by molar-refractivity contribution is -0.125. The molecule has 1 fully saturated rings. The molecule has 1 unspecified atom stereocenters. The highest BCUT2D eigenvalue weighted by molar-refractivity contribution is 7.54. The van der Waals surface area contributed by atoms with Crippen LogP contribution in [0.5, 0.6) is 5.75 Å². The number of carbonyl (C=O) groups is 3. The molecule has 1 heterocycles. The minimum Gasteiger partial charge on any atom is -0.491 e. The van der Waals surface area contributed by atoms with Gasteiger partial charge in [0.2, 0.25) is 5.91 Å². The Balaban J connectivity index is 1.53. The number of hydrogen-bond donors (Lipinski definition) is 3. The van der Waals surface area contributed by atoms with Crippen molar-refractivity contribution < 1.29 is 42.6 Å². The number of fused-ring (bicyclic) bond motifs is 1. The zero-order valence-corrected chi connectivity index (χ0v) is 30.7. The predicted octanol–water partition coefficient (Wildman–Crippen LogP) is 5.92. The molecular weight excluding hydrogens is 687 g/mol. The molecule has 0 aromatic heterocycles. The van der Waals surface area contributed by atoms with Gasteiger partial charge in [0.25, 0.3) is 0 Å². The van der Waals surface area contributed by atoms with Gasteiger partial charge in [0.15, 0.2) is 5.85 Å². The first-order valence-electron chi connectivity index (χ1n) is 17.3. The van der Waals surface area contributed by atoms with Crippen molar-refractivity contribution in [2.24, 2.45) is 5.92 Å². The van der Waals surface area contributed by atoms with Crippen molar-refractivity contribution in [2.45, 2.75) is 83.5 Å². The summed E-state index contributed by atoms with van der Waals surface area (Å²) in [4.78, 5) is 43.8. The average Bonchev–Trinajstić information content (AvgIpc) is 3.33. The monoisotopic (exact) mass is 736 g/mol. The fourth-order valence-corrected chi connectivity index (χ4v) is 8.24. The summed E-state index contributed by atoms with van der Waals surface area (Å²) < 4.78 is 35.9. The first-order valence-corrected chi connectivity index (χ1v) is 19.3. The molecule has 2 aromatic rings. The molecule has 2 aromatic carbocycles. The molecule has 0 spiro atoms. The van der Waals surface area contributed by atoms with Gasteiger partial charge in [0.05, 0.1) is 32.3 Å². The Kier molecular flexibility index (Phi) is 15.2. The standard InChI is InChI=1S/C35H50ClN4O9P/c1-4-48-50(45,49-5-2)33(42)30(23-39(3)35(44)40-18-19-46-31-17-10-9-15-27(31)22-40)37-32(41)29(21-25-12-7-6-8-13-25)38-34(43)47-24-26-14-11-16-28(36)20-26/h9-11,14-17,20,25,29-30,33,42H,4-8,12-13,18-19,21-24H2,1-3H3,(H,37,41)(H,38,43)/t29-,30-,33?/m0/s1. The van der Waals surface area contributed by atoms with Crippen LogP contribution in [0.25, 0.3) is 0 Å². The third kappa shape index (κ3) is 11.3. The van der Waals surface area contributed by atoms with Crippen LogP contribution in [0.4, 0.5) is 9.59 Å². The Bertz CT molecular complexity index is 1470. The van der Waals surface area contributed by atoms with Crippen molar-refractivity contribution in [3.63, 3.8) is 0 Å². The Morgan fingerprint density at radius 3 is 2.48 bits per heavy atom. The molecule has 2 aliphatic rings. The minimum absolute atomic E-state index is 0.0265. The number of para-hydroxylation sites is 1. The molecule has 0 radical (unpaired) electrons. The number of benzene rings is 2. The van der Waals surface area contributed by atoms with Crippen LogP contribution in [0.3, 0.4) is 0 Å². The third-order valence-corrected chi connectivity index (χ3v) is 11.3. The largest absolute Gasteiger partial charge is 0.491 e. The number of amides is 4. The number of ether oxygens (including phenoxy) is 2. The van der Waals surface area contributed by atoms with E-state index >= 15 is 0 Å². The Hall–Kier alpha value is -3.35. The smallest absolute Gasteiger partial charge is 0.408 e. The van der Waals surface area contributed by atoms with Gasteiger partial charge < -0.3 is 44.1 Å². The van der Waals surface area contributed by atoms with E-state index in [0.29, 0.717) is 35.8 Å². The first-order chi connectivity index (χ1) is 24.0. The summed E-state index contributed by atoms with van der Waals surface area (Å²) in [5, 5.41) is 17.5. The van der Waals surface area contributed by atoms with Crippen molar-refractivity contribution >= 4 is 37.2 Å². The summed E-state index contributed by atoms with van der Waals surface area (Å²) in [6.45, 7) is 3.74. The number of hydrogen-bond acceptors (Lipinski definition) is 9. The highest BCUT2D eigenvalue weighted by atomic mass is 35.5. The van der Waals surface area contributed by atoms with E-state index in [4.69, 9.17) is 30.1 Å². The molecule has 1 aliphatic heterocycles. The van der Waals surface area contributed by atoms with Crippen molar-refractivity contribution in [1.29, 1.82) is 0 Å². The summed E-state index contributed by atoms with van der Waals surface area (Å²) in [5.41, 5.74) is 1.52. The SMILES string of the molecule is CCOP(=O)(OCC)C(O)[C@H](CN(C)C(=O)N1CCOc2ccccc2C1)NC(=O)[C@H](CC1CCCCC1)NC(=O)OCc1cccc(Cl)c1. The lowest BCUT2D eigenvalue weighted by Crippen LogP contribution is -2.57. The van der Waals surface area contributed by atoms with Crippen LogP contribution in [-0.4, -0.2) is 90.8 Å². The van der Waals surface area contributed by atoms with Crippen LogP contribution < -0.4 is 15.4 Å². The van der Waals surface area contributed by atoms with Crippen LogP contribution in [0.2, 0.25) is 5.02 Å². The highest BCUT2D eigenvalue weighted by Gasteiger charge is 2.43. The normalized spacial score (nSPS) is 16.9. The second-order valence-electron chi connectivity index (χ2n) is 12.6. The van der Waals surface area contributed by atoms with Crippen molar-refractivity contribution in [3.05, 3.63) is 64.7 Å². The summed E-state index contributed by atoms with van der Waals surface area (Å²) >= 11 is 6.07. The lowest BCUT2D eigenvalue weighted by Gasteiger charge is -2.35. The number of rotatable bonds is 15. The second kappa shape index (κ2) is 19.3. The van der Waals surface area contributed by atoms with E-state index in [1.807, 2.05) is 24.3 Å². The maximum absolute atomic E-state index is 14.1. The topological polar surface area (TPSA) is 156 Å². The number of aliphatic hydroxyl groups excluding tert-OH is 1. The van der Waals surface area contributed by atoms with Crippen molar-refractivity contribution in [2.75, 3.05) is 40.0 Å². The highest BCUT2D eigenvalue weighted by Crippen LogP contribution is 2.53. The number of urea groups is 1. The molecule has 1 saturated carbocycles. The predicted molar refractivity (Wildman–Crippen MR) is 189 cm³/mol. The molecule has 4 amide bonds. The number of halogens is 1. The molecule has 276 valence electrons. The average molecular weight is 737 g/mol. The van der Waals surface area contributed by atoms with Gasteiger partial charge in [-0.1, -0.05) is 74.0 Å². The van der Waals surface area contributed by atoms with E-state index < -0.39 is 37.5 Å². The van der Waals surface area contributed by atoms with Crippen molar-refractivity contribution in [1.82, 2.24) is 20.4 Å². The lowest BCUT2D eigenvalue weighted by atomic mass is 9.84. The van der Waals surface area contributed by atoms with Gasteiger partial charge in [-0.2, -0.15) is 0 Å². The fourth-order valence-electron chi connectivity index (χ4n) is 6.32. The Morgan fingerprint density at radius 1 is 1.06 bits per heavy atom. The van der Waals surface area contributed by atoms with Crippen LogP contribution in [-0.2, 0) is 36.3 Å². The number of carbonyl (C=O) groups excluding carboxylic acids is 3. The molecule has 1 aliphatic carbocycles. The van der Waals surface area contributed by atoms with Crippen molar-refractivity contribution in [3.8, 4) is 5.75 Å². The quantitative estimate of drug-likeness (QED) is 0.189. The molecule has 3 atom stereocenters. The zero-order chi connectivity index (χ0) is 36.1. The van der Waals surface area contributed by atoms with Crippen LogP contribution in [0.1, 0.15) is 63.5 Å². The molecule has 0 saturated heterocycles. The summed E-state index contributed by atoms with van der Waals surface area (Å²) in [6.07, 6.45) is 4.48. The Morgan fingerprint density at radius 2 is 1.78 bits per heavy atom. The number of nitrogens with zero attached hydrogens (tertiary/aromatic N) is 2. The number of likely N-dealkylation sites (N-methyl/N-ethyl adjacent to an activating group) is 1. The van der Waals surface area contributed by atoms with E-state index in [9.17, 15) is 24.1 Å². The molecule has 15 heteroatoms. The van der Waals surface area contributed by atoms with E-state index in [1.165, 1.54) is 11.9 Å². The van der Waals surface area contributed by atoms with Gasteiger partial charge in [-0.3, -0.25) is 9.36 Å². The van der Waals surface area contributed by atoms with E-state index in [-0.39, 0.29) is 44.9 Å². The summed E-state index contributed by atoms with van der Waals surface area (Å²) in [7, 11) is -2.66. The third-order valence-electron chi connectivity index (χ3n) is 8.81. The number of aliphatic hydroxyl groups is 1. The van der Waals surface area contributed by atoms with Gasteiger partial charge in [0.1, 0.15) is 25.0 Å². The maximum atomic E-state index is 14.1. The van der Waals surface area contributed by atoms with Crippen LogP contribution in [0, 0.1) is 5.92 Å². The minimum atomic E-state index is -4.19. The zero-order valence-electron chi connectivity index (χ0n) is 29.1. The van der Waals surface area contributed by atoms with Crippen LogP contribution >= 0.6 is 19.2 Å². The molecule has 0 bridgehead atoms. The summed E-state index contributed by atoms with van der Waals surface area (Å²) in [5.74, 6) is -1.59.